The molecule has 2 heterocycles. The van der Waals surface area contributed by atoms with Gasteiger partial charge in [-0.15, -0.1) is 0 Å². The van der Waals surface area contributed by atoms with E-state index in [1.165, 1.54) is 100 Å². The fourth-order valence-corrected chi connectivity index (χ4v) is 7.34. The number of unbranched alkanes of at least 4 members (excludes halogenated alkanes) is 13. The molecule has 246 valence electrons. The molecule has 5 heteroatoms. The van der Waals surface area contributed by atoms with E-state index in [2.05, 4.69) is 41.3 Å². The molecule has 1 aliphatic heterocycles. The number of hydrogen-bond acceptors (Lipinski definition) is 3. The summed E-state index contributed by atoms with van der Waals surface area (Å²) in [7, 11) is 1.77. The van der Waals surface area contributed by atoms with Crippen molar-refractivity contribution in [2.75, 3.05) is 20.3 Å². The van der Waals surface area contributed by atoms with Crippen molar-refractivity contribution in [3.63, 3.8) is 0 Å². The zero-order chi connectivity index (χ0) is 31.7. The highest BCUT2D eigenvalue weighted by atomic mass is 32.1. The van der Waals surface area contributed by atoms with Crippen molar-refractivity contribution in [3.05, 3.63) is 69.7 Å². The summed E-state index contributed by atoms with van der Waals surface area (Å²) in [6.07, 6.45) is 21.0. The molecule has 0 unspecified atom stereocenters. The molecule has 0 fully saturated rings. The van der Waals surface area contributed by atoms with E-state index in [1.807, 2.05) is 12.1 Å². The molecule has 0 radical (unpaired) electrons. The van der Waals surface area contributed by atoms with E-state index in [9.17, 15) is 4.39 Å². The second kappa shape index (κ2) is 19.8. The molecule has 0 saturated carbocycles. The summed E-state index contributed by atoms with van der Waals surface area (Å²) >= 11 is 1.70. The maximum Gasteiger partial charge on any atom is 0.184 e. The van der Waals surface area contributed by atoms with Crippen LogP contribution in [0.5, 0.6) is 11.5 Å². The lowest BCUT2D eigenvalue weighted by Crippen LogP contribution is -2.31. The molecule has 1 aromatic heterocycles. The van der Waals surface area contributed by atoms with Gasteiger partial charge >= 0.3 is 0 Å². The van der Waals surface area contributed by atoms with Gasteiger partial charge in [0, 0.05) is 29.5 Å². The molecule has 0 aliphatic carbocycles. The molecule has 3 aromatic rings. The van der Waals surface area contributed by atoms with Gasteiger partial charge in [0.15, 0.2) is 23.8 Å². The number of thiophene rings is 1. The van der Waals surface area contributed by atoms with Crippen LogP contribution >= 0.6 is 11.3 Å². The van der Waals surface area contributed by atoms with Crippen molar-refractivity contribution in [1.82, 2.24) is 0 Å². The van der Waals surface area contributed by atoms with Gasteiger partial charge in [0.25, 0.3) is 0 Å². The highest BCUT2D eigenvalue weighted by molar-refractivity contribution is 7.08. The van der Waals surface area contributed by atoms with E-state index in [0.29, 0.717) is 13.2 Å². The first-order valence-corrected chi connectivity index (χ1v) is 18.9. The van der Waals surface area contributed by atoms with E-state index in [4.69, 9.17) is 9.47 Å². The highest BCUT2D eigenvalue weighted by Gasteiger charge is 2.32. The van der Waals surface area contributed by atoms with Crippen molar-refractivity contribution >= 4 is 17.0 Å². The molecule has 0 spiro atoms. The fraction of sp³-hybridized carbons (Fsp3) is 0.575. The number of halogens is 1. The monoisotopic (exact) mass is 634 g/mol. The van der Waals surface area contributed by atoms with Crippen LogP contribution in [0.2, 0.25) is 0 Å². The van der Waals surface area contributed by atoms with Gasteiger partial charge in [-0.2, -0.15) is 11.3 Å². The normalized spacial score (nSPS) is 12.9. The maximum absolute atomic E-state index is 14.9. The molecule has 2 aromatic carbocycles. The number of fused-ring (bicyclic) bond motifs is 1. The summed E-state index contributed by atoms with van der Waals surface area (Å²) < 4.78 is 30.1. The minimum absolute atomic E-state index is 0.123. The standard InChI is InChI=1S/C40H57FNO2S/c1-4-6-8-10-12-13-14-15-17-23-38-36-29-35(33-25-28-45-31-33)39(43-3)40(44-27-20-16-11-9-7-5-2)34(36)24-26-42(38)30-32-21-18-19-22-37(32)41/h18-19,21-22,25,28-29,31H,4-17,20,23-24,26-27,30H2,1-3H3/q+1. The van der Waals surface area contributed by atoms with Gasteiger partial charge < -0.3 is 9.47 Å². The summed E-state index contributed by atoms with van der Waals surface area (Å²) in [5, 5.41) is 4.32. The first kappa shape index (κ1) is 35.2. The third-order valence-corrected chi connectivity index (χ3v) is 9.96. The molecular weight excluding hydrogens is 578 g/mol. The Hall–Kier alpha value is -2.66. The SMILES string of the molecule is CCCCCCCCCCCC1=[N+](Cc2ccccc2F)CCc2c1cc(-c1ccsc1)c(OC)c2OCCCCCCCC. The Bertz CT molecular complexity index is 1320. The Morgan fingerprint density at radius 1 is 0.778 bits per heavy atom. The minimum atomic E-state index is -0.123. The molecule has 0 amide bonds. The topological polar surface area (TPSA) is 21.5 Å². The van der Waals surface area contributed by atoms with Crippen LogP contribution in [0.1, 0.15) is 133 Å². The Balaban J connectivity index is 1.62. The summed E-state index contributed by atoms with van der Waals surface area (Å²) in [4.78, 5) is 0. The first-order valence-electron chi connectivity index (χ1n) is 17.9. The van der Waals surface area contributed by atoms with E-state index in [-0.39, 0.29) is 5.82 Å². The summed E-state index contributed by atoms with van der Waals surface area (Å²) in [5.41, 5.74) is 6.86. The second-order valence-electron chi connectivity index (χ2n) is 12.7. The van der Waals surface area contributed by atoms with Crippen LogP contribution in [0.25, 0.3) is 11.1 Å². The van der Waals surface area contributed by atoms with Gasteiger partial charge in [0.05, 0.1) is 19.3 Å². The van der Waals surface area contributed by atoms with Crippen molar-refractivity contribution < 1.29 is 18.4 Å². The van der Waals surface area contributed by atoms with Crippen molar-refractivity contribution in [2.24, 2.45) is 0 Å². The Kier molecular flexibility index (Phi) is 15.5. The highest BCUT2D eigenvalue weighted by Crippen LogP contribution is 2.45. The number of benzene rings is 2. The van der Waals surface area contributed by atoms with E-state index >= 15 is 0 Å². The second-order valence-corrected chi connectivity index (χ2v) is 13.5. The Labute approximate surface area is 276 Å². The average Bonchev–Trinajstić information content (AvgIpc) is 3.60. The van der Waals surface area contributed by atoms with Crippen molar-refractivity contribution in [1.29, 1.82) is 0 Å². The predicted octanol–water partition coefficient (Wildman–Crippen LogP) is 11.8. The zero-order valence-corrected chi connectivity index (χ0v) is 29.1. The van der Waals surface area contributed by atoms with Crippen LogP contribution in [-0.4, -0.2) is 30.5 Å². The van der Waals surface area contributed by atoms with Gasteiger partial charge in [0.1, 0.15) is 12.4 Å². The van der Waals surface area contributed by atoms with Crippen LogP contribution in [0.3, 0.4) is 0 Å². The predicted molar refractivity (Wildman–Crippen MR) is 190 cm³/mol. The molecule has 0 atom stereocenters. The molecule has 0 N–H and O–H groups in total. The molecule has 1 aliphatic rings. The van der Waals surface area contributed by atoms with Crippen LogP contribution in [-0.2, 0) is 13.0 Å². The van der Waals surface area contributed by atoms with E-state index in [0.717, 1.165) is 60.4 Å². The lowest BCUT2D eigenvalue weighted by molar-refractivity contribution is -0.546. The van der Waals surface area contributed by atoms with Crippen LogP contribution in [0.15, 0.2) is 47.2 Å². The van der Waals surface area contributed by atoms with Crippen LogP contribution in [0.4, 0.5) is 4.39 Å². The van der Waals surface area contributed by atoms with Gasteiger partial charge in [0.2, 0.25) is 0 Å². The third kappa shape index (κ3) is 10.4. The number of methoxy groups -OCH3 is 1. The molecule has 45 heavy (non-hydrogen) atoms. The first-order chi connectivity index (χ1) is 22.2. The summed E-state index contributed by atoms with van der Waals surface area (Å²) in [6, 6.07) is 11.8. The smallest absolute Gasteiger partial charge is 0.184 e. The number of nitrogens with zero attached hydrogens (tertiary/aromatic N) is 1. The number of hydrogen-bond donors (Lipinski definition) is 0. The van der Waals surface area contributed by atoms with Crippen molar-refractivity contribution in [2.45, 2.75) is 130 Å². The van der Waals surface area contributed by atoms with Gasteiger partial charge in [-0.1, -0.05) is 109 Å². The average molecular weight is 635 g/mol. The molecule has 0 bridgehead atoms. The van der Waals surface area contributed by atoms with Crippen LogP contribution < -0.4 is 9.47 Å². The van der Waals surface area contributed by atoms with Gasteiger partial charge in [-0.25, -0.2) is 8.97 Å². The molecule has 3 nitrogen and oxygen atoms in total. The van der Waals surface area contributed by atoms with Gasteiger partial charge in [-0.3, -0.25) is 0 Å². The number of rotatable bonds is 22. The Morgan fingerprint density at radius 3 is 2.09 bits per heavy atom. The molecule has 4 rings (SSSR count). The fourth-order valence-electron chi connectivity index (χ4n) is 6.68. The molecule has 0 saturated heterocycles. The third-order valence-electron chi connectivity index (χ3n) is 9.28. The number of ether oxygens (including phenoxy) is 2. The van der Waals surface area contributed by atoms with Crippen LogP contribution in [0, 0.1) is 5.82 Å². The van der Waals surface area contributed by atoms with E-state index in [1.54, 1.807) is 30.6 Å². The largest absolute Gasteiger partial charge is 0.492 e. The Morgan fingerprint density at radius 2 is 1.44 bits per heavy atom. The maximum atomic E-state index is 14.9. The lowest BCUT2D eigenvalue weighted by Gasteiger charge is -2.25. The van der Waals surface area contributed by atoms with E-state index < -0.39 is 0 Å². The van der Waals surface area contributed by atoms with Crippen molar-refractivity contribution in [3.8, 4) is 22.6 Å². The van der Waals surface area contributed by atoms with Gasteiger partial charge in [-0.05, 0) is 53.4 Å². The summed E-state index contributed by atoms with van der Waals surface area (Å²) in [5.74, 6) is 1.64. The quantitative estimate of drug-likeness (QED) is 0.0810. The lowest BCUT2D eigenvalue weighted by atomic mass is 9.88. The molecular formula is C40H57FNO2S+. The zero-order valence-electron chi connectivity index (χ0n) is 28.3. The summed E-state index contributed by atoms with van der Waals surface area (Å²) in [6.45, 7) is 6.68. The minimum Gasteiger partial charge on any atom is -0.492 e.